The zero-order valence-corrected chi connectivity index (χ0v) is 20.8. The number of aliphatic hydroxyl groups excluding tert-OH is 1. The van der Waals surface area contributed by atoms with E-state index in [-0.39, 0.29) is 48.4 Å². The number of hydrogen-bond acceptors (Lipinski definition) is 7. The lowest BCUT2D eigenvalue weighted by atomic mass is 9.81. The summed E-state index contributed by atoms with van der Waals surface area (Å²) >= 11 is 0. The van der Waals surface area contributed by atoms with E-state index >= 15 is 0 Å². The number of aliphatic hydroxyl groups is 1. The van der Waals surface area contributed by atoms with Gasteiger partial charge in [0.2, 0.25) is 11.8 Å². The van der Waals surface area contributed by atoms with Gasteiger partial charge in [0.1, 0.15) is 0 Å². The first-order valence-electron chi connectivity index (χ1n) is 12.2. The van der Waals surface area contributed by atoms with Gasteiger partial charge in [0.25, 0.3) is 5.91 Å². The highest BCUT2D eigenvalue weighted by Gasteiger charge is 2.39. The number of aryl methyl sites for hydroxylation is 1. The number of hydrogen-bond donors (Lipinski definition) is 3. The monoisotopic (exact) mass is 555 g/mol. The molecule has 0 radical (unpaired) electrons. The molecule has 0 spiro atoms. The van der Waals surface area contributed by atoms with Crippen LogP contribution >= 0.6 is 0 Å². The zero-order valence-electron chi connectivity index (χ0n) is 20.8. The molecule has 2 amide bonds. The Bertz CT molecular complexity index is 1340. The molecule has 4 rings (SSSR count). The highest BCUT2D eigenvalue weighted by Crippen LogP contribution is 2.41. The summed E-state index contributed by atoms with van der Waals surface area (Å²) in [5.74, 6) is -4.63. The minimum atomic E-state index is -4.51. The van der Waals surface area contributed by atoms with Gasteiger partial charge in [0.05, 0.1) is 48.0 Å². The van der Waals surface area contributed by atoms with Gasteiger partial charge in [-0.3, -0.25) is 9.59 Å². The molecule has 3 N–H and O–H groups in total. The van der Waals surface area contributed by atoms with E-state index in [9.17, 15) is 36.6 Å². The van der Waals surface area contributed by atoms with Crippen molar-refractivity contribution in [1.82, 2.24) is 35.4 Å². The molecule has 210 valence electrons. The Morgan fingerprint density at radius 3 is 2.56 bits per heavy atom. The van der Waals surface area contributed by atoms with E-state index in [2.05, 4.69) is 30.9 Å². The first kappa shape index (κ1) is 28.3. The molecular weight excluding hydrogens is 529 g/mol. The Labute approximate surface area is 219 Å². The number of halogens is 5. The molecular formula is C24H26F5N7O3. The summed E-state index contributed by atoms with van der Waals surface area (Å²) in [5.41, 5.74) is 1.36. The van der Waals surface area contributed by atoms with Crippen LogP contribution in [0.1, 0.15) is 78.1 Å². The average molecular weight is 556 g/mol. The van der Waals surface area contributed by atoms with E-state index in [0.717, 1.165) is 0 Å². The van der Waals surface area contributed by atoms with Crippen molar-refractivity contribution in [2.75, 3.05) is 0 Å². The van der Waals surface area contributed by atoms with Crippen LogP contribution in [0, 0.1) is 12.8 Å². The lowest BCUT2D eigenvalue weighted by Crippen LogP contribution is -2.37. The Kier molecular flexibility index (Phi) is 8.09. The molecule has 3 aromatic rings. The minimum absolute atomic E-state index is 0.0660. The zero-order chi connectivity index (χ0) is 28.4. The van der Waals surface area contributed by atoms with Crippen molar-refractivity contribution in [3.05, 3.63) is 53.2 Å². The molecule has 39 heavy (non-hydrogen) atoms. The second-order valence-corrected chi connectivity index (χ2v) is 9.57. The number of carbonyl (C=O) groups excluding carboxylic acids is 2. The van der Waals surface area contributed by atoms with Gasteiger partial charge in [-0.2, -0.15) is 28.5 Å². The summed E-state index contributed by atoms with van der Waals surface area (Å²) in [6.07, 6.45) is -4.72. The van der Waals surface area contributed by atoms with E-state index < -0.39 is 49.0 Å². The highest BCUT2D eigenvalue weighted by molar-refractivity contribution is 5.94. The van der Waals surface area contributed by atoms with E-state index in [1.807, 2.05) is 0 Å². The summed E-state index contributed by atoms with van der Waals surface area (Å²) in [7, 11) is 0. The smallest absolute Gasteiger partial charge is 0.369 e. The van der Waals surface area contributed by atoms with Crippen LogP contribution < -0.4 is 10.6 Å². The maximum absolute atomic E-state index is 13.9. The van der Waals surface area contributed by atoms with Crippen molar-refractivity contribution >= 4 is 17.5 Å². The topological polar surface area (TPSA) is 134 Å². The van der Waals surface area contributed by atoms with Gasteiger partial charge in [0.15, 0.2) is 11.9 Å². The molecule has 0 unspecified atom stereocenters. The third-order valence-electron chi connectivity index (χ3n) is 6.49. The molecule has 10 nitrogen and oxygen atoms in total. The molecule has 1 saturated carbocycles. The van der Waals surface area contributed by atoms with Crippen LogP contribution in [0.2, 0.25) is 0 Å². The third kappa shape index (κ3) is 7.43. The predicted molar refractivity (Wildman–Crippen MR) is 125 cm³/mol. The lowest BCUT2D eigenvalue weighted by molar-refractivity contribution is -0.145. The Morgan fingerprint density at radius 1 is 1.18 bits per heavy atom. The molecule has 0 bridgehead atoms. The summed E-state index contributed by atoms with van der Waals surface area (Å²) in [6, 6.07) is 2.16. The van der Waals surface area contributed by atoms with E-state index in [1.165, 1.54) is 35.2 Å². The first-order valence-corrected chi connectivity index (χ1v) is 12.2. The molecule has 0 aromatic carbocycles. The molecule has 3 aromatic heterocycles. The van der Waals surface area contributed by atoms with Crippen LogP contribution in [0.15, 0.2) is 30.7 Å². The molecule has 2 atom stereocenters. The molecule has 1 aliphatic rings. The summed E-state index contributed by atoms with van der Waals surface area (Å²) in [4.78, 5) is 29.3. The van der Waals surface area contributed by atoms with Crippen LogP contribution in [0.25, 0.3) is 5.65 Å². The van der Waals surface area contributed by atoms with E-state index in [1.54, 1.807) is 6.92 Å². The summed E-state index contributed by atoms with van der Waals surface area (Å²) < 4.78 is 66.1. The number of alkyl halides is 5. The molecule has 15 heteroatoms. The Morgan fingerprint density at radius 2 is 1.90 bits per heavy atom. The number of fused-ring (bicyclic) bond motifs is 1. The van der Waals surface area contributed by atoms with Crippen molar-refractivity contribution in [2.45, 2.75) is 69.8 Å². The van der Waals surface area contributed by atoms with Crippen molar-refractivity contribution in [3.63, 3.8) is 0 Å². The van der Waals surface area contributed by atoms with Crippen molar-refractivity contribution in [2.24, 2.45) is 5.92 Å². The van der Waals surface area contributed by atoms with E-state index in [0.29, 0.717) is 11.4 Å². The normalized spacial score (nSPS) is 17.5. The number of nitrogens with one attached hydrogen (secondary N) is 2. The summed E-state index contributed by atoms with van der Waals surface area (Å²) in [5, 5.41) is 27.0. The van der Waals surface area contributed by atoms with Crippen LogP contribution in [0.4, 0.5) is 22.0 Å². The van der Waals surface area contributed by atoms with Crippen molar-refractivity contribution in [3.8, 4) is 0 Å². The van der Waals surface area contributed by atoms with Crippen LogP contribution in [0.5, 0.6) is 0 Å². The maximum Gasteiger partial charge on any atom is 0.389 e. The standard InChI is InChI=1S/C24H26F5N7O3/c1-13-8-15(10-30-35-13)22(39)34-20(14-2-5-23(25,26)6-3-14)17-12-36-18(32-17)9-16(11-31-36)21(38)33-19(37)4-7-24(27,28)29/h8-12,14,20-21,38H,2-7H2,1H3,(H,33,37)(H,34,39)/t20-,21+/m0/s1. The number of imidazole rings is 1. The van der Waals surface area contributed by atoms with Gasteiger partial charge >= 0.3 is 6.18 Å². The van der Waals surface area contributed by atoms with Gasteiger partial charge in [-0.1, -0.05) is 0 Å². The van der Waals surface area contributed by atoms with Gasteiger partial charge in [-0.05, 0) is 37.8 Å². The number of rotatable bonds is 8. The molecule has 0 aliphatic heterocycles. The highest BCUT2D eigenvalue weighted by atomic mass is 19.4. The summed E-state index contributed by atoms with van der Waals surface area (Å²) in [6.45, 7) is 1.67. The van der Waals surface area contributed by atoms with Gasteiger partial charge < -0.3 is 15.7 Å². The van der Waals surface area contributed by atoms with E-state index in [4.69, 9.17) is 0 Å². The number of carbonyl (C=O) groups is 2. The minimum Gasteiger partial charge on any atom is -0.369 e. The predicted octanol–water partition coefficient (Wildman–Crippen LogP) is 3.57. The number of aromatic nitrogens is 5. The maximum atomic E-state index is 13.9. The molecule has 1 fully saturated rings. The fourth-order valence-electron chi connectivity index (χ4n) is 4.42. The number of nitrogens with zero attached hydrogens (tertiary/aromatic N) is 5. The Balaban J connectivity index is 1.56. The van der Waals surface area contributed by atoms with Crippen LogP contribution in [0.3, 0.4) is 0 Å². The fraction of sp³-hybridized carbons (Fsp3) is 0.500. The van der Waals surface area contributed by atoms with Crippen molar-refractivity contribution < 1.29 is 36.6 Å². The SMILES string of the molecule is Cc1cc(C(=O)N[C@H](c2cn3ncc([C@@H](O)NC(=O)CCC(F)(F)F)cc3n2)C2CCC(F)(F)CC2)cnn1. The molecule has 0 saturated heterocycles. The average Bonchev–Trinajstić information content (AvgIpc) is 3.29. The second kappa shape index (κ2) is 11.2. The molecule has 3 heterocycles. The van der Waals surface area contributed by atoms with Gasteiger partial charge in [-0.15, -0.1) is 0 Å². The quantitative estimate of drug-likeness (QED) is 0.286. The third-order valence-corrected chi connectivity index (χ3v) is 6.49. The largest absolute Gasteiger partial charge is 0.389 e. The fourth-order valence-corrected chi connectivity index (χ4v) is 4.42. The van der Waals surface area contributed by atoms with Crippen LogP contribution in [-0.2, 0) is 4.79 Å². The second-order valence-electron chi connectivity index (χ2n) is 9.57. The number of amides is 2. The van der Waals surface area contributed by atoms with Crippen LogP contribution in [-0.4, -0.2) is 53.8 Å². The van der Waals surface area contributed by atoms with Gasteiger partial charge in [0, 0.05) is 24.8 Å². The van der Waals surface area contributed by atoms with Crippen molar-refractivity contribution in [1.29, 1.82) is 0 Å². The first-order chi connectivity index (χ1) is 18.3. The molecule has 1 aliphatic carbocycles. The Hall–Kier alpha value is -3.75. The van der Waals surface area contributed by atoms with Gasteiger partial charge in [-0.25, -0.2) is 18.3 Å². The lowest BCUT2D eigenvalue weighted by Gasteiger charge is -2.33.